The van der Waals surface area contributed by atoms with Crippen LogP contribution in [0.15, 0.2) is 18.2 Å². The van der Waals surface area contributed by atoms with Crippen LogP contribution in [-0.4, -0.2) is 27.7 Å². The van der Waals surface area contributed by atoms with E-state index in [0.29, 0.717) is 41.9 Å². The van der Waals surface area contributed by atoms with E-state index < -0.39 is 0 Å². The predicted octanol–water partition coefficient (Wildman–Crippen LogP) is 6.45. The van der Waals surface area contributed by atoms with E-state index in [0.717, 1.165) is 32.1 Å². The number of aromatic hydroxyl groups is 3. The van der Waals surface area contributed by atoms with Gasteiger partial charge in [-0.05, 0) is 44.7 Å². The fourth-order valence-electron chi connectivity index (χ4n) is 3.35. The lowest BCUT2D eigenvalue weighted by Gasteiger charge is -2.14. The van der Waals surface area contributed by atoms with Crippen molar-refractivity contribution in [2.75, 3.05) is 6.61 Å². The fourth-order valence-corrected chi connectivity index (χ4v) is 3.81. The molecule has 0 amide bonds. The van der Waals surface area contributed by atoms with Crippen molar-refractivity contribution in [1.29, 1.82) is 0 Å². The number of hydrogen-bond donors (Lipinski definition) is 3. The molecule has 3 N–H and O–H groups in total. The molecule has 164 valence electrons. The molecule has 30 heavy (non-hydrogen) atoms. The van der Waals surface area contributed by atoms with Gasteiger partial charge in [0.25, 0.3) is 0 Å². The number of halogens is 2. The van der Waals surface area contributed by atoms with Crippen molar-refractivity contribution in [2.24, 2.45) is 0 Å². The maximum atomic E-state index is 11.6. The quantitative estimate of drug-likeness (QED) is 0.206. The Hall–Kier alpha value is -2.11. The second-order valence-electron chi connectivity index (χ2n) is 7.28. The lowest BCUT2D eigenvalue weighted by molar-refractivity contribution is 0.101. The van der Waals surface area contributed by atoms with Gasteiger partial charge in [-0.25, -0.2) is 0 Å². The van der Waals surface area contributed by atoms with E-state index >= 15 is 0 Å². The van der Waals surface area contributed by atoms with Crippen molar-refractivity contribution in [2.45, 2.75) is 58.8 Å². The average molecular weight is 455 g/mol. The number of phenols is 3. The molecule has 0 saturated carbocycles. The van der Waals surface area contributed by atoms with Crippen molar-refractivity contribution < 1.29 is 24.9 Å². The number of rotatable bonds is 11. The Kier molecular flexibility index (Phi) is 9.12. The van der Waals surface area contributed by atoms with Gasteiger partial charge in [0, 0.05) is 17.2 Å². The second-order valence-corrected chi connectivity index (χ2v) is 8.06. The van der Waals surface area contributed by atoms with E-state index in [1.165, 1.54) is 13.0 Å². The zero-order valence-electron chi connectivity index (χ0n) is 17.3. The van der Waals surface area contributed by atoms with Crippen molar-refractivity contribution in [3.8, 4) is 23.0 Å². The van der Waals surface area contributed by atoms with Crippen molar-refractivity contribution in [3.63, 3.8) is 0 Å². The normalized spacial score (nSPS) is 10.9. The molecule has 0 radical (unpaired) electrons. The summed E-state index contributed by atoms with van der Waals surface area (Å²) in [5.74, 6) is -0.0240. The highest BCUT2D eigenvalue weighted by molar-refractivity contribution is 6.42. The summed E-state index contributed by atoms with van der Waals surface area (Å²) >= 11 is 12.1. The molecule has 0 unspecified atom stereocenters. The van der Waals surface area contributed by atoms with Crippen LogP contribution in [0.4, 0.5) is 0 Å². The van der Waals surface area contributed by atoms with Gasteiger partial charge in [-0.2, -0.15) is 0 Å². The number of ether oxygens (including phenoxy) is 1. The maximum Gasteiger partial charge on any atom is 0.163 e. The number of ketones is 1. The van der Waals surface area contributed by atoms with Crippen LogP contribution in [0, 0.1) is 0 Å². The monoisotopic (exact) mass is 454 g/mol. The largest absolute Gasteiger partial charge is 0.507 e. The topological polar surface area (TPSA) is 87.0 Å². The van der Waals surface area contributed by atoms with Gasteiger partial charge in [0.1, 0.15) is 11.5 Å². The van der Waals surface area contributed by atoms with Gasteiger partial charge in [-0.15, -0.1) is 0 Å². The van der Waals surface area contributed by atoms with Gasteiger partial charge in [0.2, 0.25) is 0 Å². The van der Waals surface area contributed by atoms with E-state index in [4.69, 9.17) is 27.9 Å². The Bertz CT molecular complexity index is 870. The summed E-state index contributed by atoms with van der Waals surface area (Å²) in [6.45, 7) is 3.94. The Labute approximate surface area is 187 Å². The first kappa shape index (κ1) is 24.2. The molecule has 0 fully saturated rings. The molecule has 0 spiro atoms. The molecular weight excluding hydrogens is 427 g/mol. The van der Waals surface area contributed by atoms with Crippen LogP contribution in [0.25, 0.3) is 0 Å². The number of unbranched alkanes of at least 4 members (excludes halogenated alkanes) is 3. The van der Waals surface area contributed by atoms with Gasteiger partial charge >= 0.3 is 0 Å². The maximum absolute atomic E-state index is 11.6. The Morgan fingerprint density at radius 1 is 0.967 bits per heavy atom. The van der Waals surface area contributed by atoms with Crippen LogP contribution in [0.5, 0.6) is 23.0 Å². The molecule has 0 saturated heterocycles. The number of phenolic OH excluding ortho intramolecular Hbond substituents is 3. The van der Waals surface area contributed by atoms with E-state index in [9.17, 15) is 20.1 Å². The molecule has 2 aromatic carbocycles. The summed E-state index contributed by atoms with van der Waals surface area (Å²) in [6, 6.07) is 4.58. The highest BCUT2D eigenvalue weighted by atomic mass is 35.5. The zero-order valence-corrected chi connectivity index (χ0v) is 18.8. The van der Waals surface area contributed by atoms with Crippen LogP contribution in [0.2, 0.25) is 10.0 Å². The molecule has 7 heteroatoms. The third-order valence-electron chi connectivity index (χ3n) is 4.96. The van der Waals surface area contributed by atoms with Gasteiger partial charge < -0.3 is 20.1 Å². The van der Waals surface area contributed by atoms with Gasteiger partial charge in [0.05, 0.1) is 22.2 Å². The Morgan fingerprint density at radius 3 is 2.33 bits per heavy atom. The van der Waals surface area contributed by atoms with Crippen molar-refractivity contribution in [3.05, 3.63) is 44.9 Å². The third kappa shape index (κ3) is 5.96. The molecule has 2 aromatic rings. The molecule has 0 aliphatic heterocycles. The summed E-state index contributed by atoms with van der Waals surface area (Å²) in [5.41, 5.74) is 1.46. The molecule has 0 bridgehead atoms. The second kappa shape index (κ2) is 11.3. The SMILES string of the molecule is CCCc1c(OCCCCCCc2c(O)c(O)cc(Cl)c2Cl)ccc(C(C)=O)c1O. The van der Waals surface area contributed by atoms with E-state index in [1.54, 1.807) is 12.1 Å². The minimum absolute atomic E-state index is 0.0170. The number of carbonyl (C=O) groups is 1. The van der Waals surface area contributed by atoms with Gasteiger partial charge in [-0.1, -0.05) is 49.4 Å². The molecule has 0 atom stereocenters. The Balaban J connectivity index is 1.83. The van der Waals surface area contributed by atoms with E-state index in [1.807, 2.05) is 6.92 Å². The Morgan fingerprint density at radius 2 is 1.67 bits per heavy atom. The third-order valence-corrected chi connectivity index (χ3v) is 5.79. The highest BCUT2D eigenvalue weighted by Crippen LogP contribution is 2.40. The predicted molar refractivity (Wildman–Crippen MR) is 120 cm³/mol. The van der Waals surface area contributed by atoms with Crippen LogP contribution >= 0.6 is 23.2 Å². The summed E-state index contributed by atoms with van der Waals surface area (Å²) < 4.78 is 5.86. The van der Waals surface area contributed by atoms with Crippen molar-refractivity contribution in [1.82, 2.24) is 0 Å². The smallest absolute Gasteiger partial charge is 0.163 e. The highest BCUT2D eigenvalue weighted by Gasteiger charge is 2.16. The van der Waals surface area contributed by atoms with E-state index in [2.05, 4.69) is 0 Å². The lowest BCUT2D eigenvalue weighted by Crippen LogP contribution is -2.03. The van der Waals surface area contributed by atoms with E-state index in [-0.39, 0.29) is 33.1 Å². The van der Waals surface area contributed by atoms with Crippen LogP contribution in [-0.2, 0) is 12.8 Å². The van der Waals surface area contributed by atoms with Gasteiger partial charge in [-0.3, -0.25) is 4.79 Å². The first-order valence-electron chi connectivity index (χ1n) is 10.1. The average Bonchev–Trinajstić information content (AvgIpc) is 2.70. The summed E-state index contributed by atoms with van der Waals surface area (Å²) in [5, 5.41) is 30.5. The van der Waals surface area contributed by atoms with Crippen LogP contribution in [0.3, 0.4) is 0 Å². The van der Waals surface area contributed by atoms with Crippen LogP contribution < -0.4 is 4.74 Å². The molecule has 0 aliphatic rings. The fraction of sp³-hybridized carbons (Fsp3) is 0.435. The molecule has 2 rings (SSSR count). The van der Waals surface area contributed by atoms with Crippen molar-refractivity contribution >= 4 is 29.0 Å². The summed E-state index contributed by atoms with van der Waals surface area (Å²) in [6.07, 6.45) is 5.39. The molecule has 0 aliphatic carbocycles. The number of benzene rings is 2. The first-order valence-corrected chi connectivity index (χ1v) is 10.9. The molecule has 0 aromatic heterocycles. The zero-order chi connectivity index (χ0) is 22.3. The lowest BCUT2D eigenvalue weighted by atomic mass is 10.0. The standard InChI is InChI=1S/C23H28Cl2O5/c1-3-8-16-20(11-10-15(14(2)26)22(16)28)30-12-7-5-4-6-9-17-21(25)18(24)13-19(27)23(17)29/h10-11,13,27-29H,3-9,12H2,1-2H3. The number of Topliss-reactive ketones (excluding diaryl/α,β-unsaturated/α-hetero) is 1. The summed E-state index contributed by atoms with van der Waals surface area (Å²) in [4.78, 5) is 11.6. The molecular formula is C23H28Cl2O5. The minimum atomic E-state index is -0.269. The number of hydrogen-bond acceptors (Lipinski definition) is 5. The molecule has 5 nitrogen and oxygen atoms in total. The summed E-state index contributed by atoms with van der Waals surface area (Å²) in [7, 11) is 0. The molecule has 0 heterocycles. The number of carbonyl (C=O) groups excluding carboxylic acids is 1. The van der Waals surface area contributed by atoms with Gasteiger partial charge in [0.15, 0.2) is 17.3 Å². The van der Waals surface area contributed by atoms with Crippen LogP contribution in [0.1, 0.15) is 67.4 Å². The minimum Gasteiger partial charge on any atom is -0.507 e. The first-order chi connectivity index (χ1) is 14.3.